The zero-order chi connectivity index (χ0) is 14.6. The van der Waals surface area contributed by atoms with E-state index < -0.39 is 0 Å². The highest BCUT2D eigenvalue weighted by Gasteiger charge is 2.18. The third-order valence-corrected chi connectivity index (χ3v) is 4.28. The third-order valence-electron chi connectivity index (χ3n) is 4.28. The first-order chi connectivity index (χ1) is 10.2. The van der Waals surface area contributed by atoms with Crippen molar-refractivity contribution in [2.45, 2.75) is 13.8 Å². The summed E-state index contributed by atoms with van der Waals surface area (Å²) in [7, 11) is 0. The number of fused-ring (bicyclic) bond motifs is 5. The van der Waals surface area contributed by atoms with E-state index >= 15 is 0 Å². The Bertz CT molecular complexity index is 1020. The van der Waals surface area contributed by atoms with E-state index in [1.807, 2.05) is 31.2 Å². The number of aryl methyl sites for hydroxylation is 1. The highest BCUT2D eigenvalue weighted by molar-refractivity contribution is 6.25. The summed E-state index contributed by atoms with van der Waals surface area (Å²) in [5, 5.41) is 4.48. The van der Waals surface area contributed by atoms with Crippen LogP contribution in [0.4, 0.5) is 0 Å². The molecule has 3 aromatic carbocycles. The van der Waals surface area contributed by atoms with Crippen LogP contribution in [-0.4, -0.2) is 10.8 Å². The molecule has 0 bridgehead atoms. The SMILES string of the molecule is CC(=O)c1c(C)c2ccccc2c2[nH]c3ccccc3c12. The van der Waals surface area contributed by atoms with Crippen molar-refractivity contribution in [1.82, 2.24) is 4.98 Å². The first-order valence-corrected chi connectivity index (χ1v) is 7.11. The van der Waals surface area contributed by atoms with Crippen molar-refractivity contribution in [2.75, 3.05) is 0 Å². The van der Waals surface area contributed by atoms with Gasteiger partial charge in [0.25, 0.3) is 0 Å². The van der Waals surface area contributed by atoms with Gasteiger partial charge in [0, 0.05) is 27.2 Å². The lowest BCUT2D eigenvalue weighted by molar-refractivity contribution is 0.101. The summed E-state index contributed by atoms with van der Waals surface area (Å²) in [4.78, 5) is 15.7. The zero-order valence-electron chi connectivity index (χ0n) is 12.0. The summed E-state index contributed by atoms with van der Waals surface area (Å²) in [6.45, 7) is 3.69. The van der Waals surface area contributed by atoms with Crippen LogP contribution in [0.5, 0.6) is 0 Å². The topological polar surface area (TPSA) is 32.9 Å². The monoisotopic (exact) mass is 273 g/mol. The Kier molecular flexibility index (Phi) is 2.43. The number of aromatic nitrogens is 1. The second-order valence-electron chi connectivity index (χ2n) is 5.52. The average molecular weight is 273 g/mol. The minimum atomic E-state index is 0.119. The number of hydrogen-bond donors (Lipinski definition) is 1. The molecule has 1 N–H and O–H groups in total. The first kappa shape index (κ1) is 12.2. The molecule has 0 saturated heterocycles. The van der Waals surface area contributed by atoms with Gasteiger partial charge in [0.05, 0.1) is 5.52 Å². The van der Waals surface area contributed by atoms with Gasteiger partial charge in [0.15, 0.2) is 5.78 Å². The van der Waals surface area contributed by atoms with Crippen LogP contribution in [0.1, 0.15) is 22.8 Å². The Hall–Kier alpha value is -2.61. The van der Waals surface area contributed by atoms with Crippen LogP contribution in [0.25, 0.3) is 32.6 Å². The van der Waals surface area contributed by atoms with Gasteiger partial charge in [0.1, 0.15) is 0 Å². The molecule has 0 unspecified atom stereocenters. The molecule has 21 heavy (non-hydrogen) atoms. The summed E-state index contributed by atoms with van der Waals surface area (Å²) >= 11 is 0. The number of ketones is 1. The van der Waals surface area contributed by atoms with Crippen molar-refractivity contribution in [3.8, 4) is 0 Å². The van der Waals surface area contributed by atoms with Gasteiger partial charge < -0.3 is 4.98 Å². The van der Waals surface area contributed by atoms with Crippen LogP contribution >= 0.6 is 0 Å². The number of nitrogens with one attached hydrogen (secondary N) is 1. The molecule has 4 aromatic rings. The van der Waals surface area contributed by atoms with E-state index in [1.54, 1.807) is 6.92 Å². The van der Waals surface area contributed by atoms with Crippen LogP contribution < -0.4 is 0 Å². The molecular weight excluding hydrogens is 258 g/mol. The molecule has 0 saturated carbocycles. The van der Waals surface area contributed by atoms with Crippen molar-refractivity contribution in [3.05, 3.63) is 59.7 Å². The van der Waals surface area contributed by atoms with Crippen LogP contribution in [-0.2, 0) is 0 Å². The van der Waals surface area contributed by atoms with Crippen LogP contribution in [0.3, 0.4) is 0 Å². The van der Waals surface area contributed by atoms with Gasteiger partial charge in [-0.1, -0.05) is 42.5 Å². The number of Topliss-reactive ketones (excluding diaryl/α,β-unsaturated/α-hetero) is 1. The van der Waals surface area contributed by atoms with E-state index in [-0.39, 0.29) is 5.78 Å². The second kappa shape index (κ2) is 4.19. The van der Waals surface area contributed by atoms with Gasteiger partial charge in [-0.2, -0.15) is 0 Å². The lowest BCUT2D eigenvalue weighted by Crippen LogP contribution is -1.98. The third kappa shape index (κ3) is 1.56. The molecule has 0 radical (unpaired) electrons. The Balaban J connectivity index is 2.41. The molecule has 102 valence electrons. The Morgan fingerprint density at radius 2 is 1.52 bits per heavy atom. The maximum absolute atomic E-state index is 12.3. The molecule has 0 fully saturated rings. The summed E-state index contributed by atoms with van der Waals surface area (Å²) in [5.74, 6) is 0.119. The molecule has 0 spiro atoms. The van der Waals surface area contributed by atoms with Crippen LogP contribution in [0.2, 0.25) is 0 Å². The van der Waals surface area contributed by atoms with E-state index in [4.69, 9.17) is 0 Å². The quantitative estimate of drug-likeness (QED) is 0.487. The van der Waals surface area contributed by atoms with E-state index in [2.05, 4.69) is 29.2 Å². The molecule has 2 heteroatoms. The maximum atomic E-state index is 12.3. The fraction of sp³-hybridized carbons (Fsp3) is 0.105. The second-order valence-corrected chi connectivity index (χ2v) is 5.52. The van der Waals surface area contributed by atoms with Gasteiger partial charge in [-0.15, -0.1) is 0 Å². The number of rotatable bonds is 1. The molecule has 2 nitrogen and oxygen atoms in total. The number of para-hydroxylation sites is 1. The van der Waals surface area contributed by atoms with Crippen molar-refractivity contribution in [1.29, 1.82) is 0 Å². The van der Waals surface area contributed by atoms with E-state index in [9.17, 15) is 4.79 Å². The largest absolute Gasteiger partial charge is 0.354 e. The summed E-state index contributed by atoms with van der Waals surface area (Å²) in [5.41, 5.74) is 4.03. The lowest BCUT2D eigenvalue weighted by atomic mass is 9.93. The van der Waals surface area contributed by atoms with Gasteiger partial charge in [-0.05, 0) is 30.9 Å². The van der Waals surface area contributed by atoms with E-state index in [0.717, 1.165) is 38.3 Å². The van der Waals surface area contributed by atoms with Crippen LogP contribution in [0.15, 0.2) is 48.5 Å². The van der Waals surface area contributed by atoms with E-state index in [1.165, 1.54) is 5.39 Å². The molecule has 0 aliphatic rings. The van der Waals surface area contributed by atoms with Gasteiger partial charge in [0.2, 0.25) is 0 Å². The van der Waals surface area contributed by atoms with Crippen LogP contribution in [0, 0.1) is 6.92 Å². The number of H-pyrrole nitrogens is 1. The Morgan fingerprint density at radius 3 is 2.24 bits per heavy atom. The zero-order valence-corrected chi connectivity index (χ0v) is 12.0. The highest BCUT2D eigenvalue weighted by atomic mass is 16.1. The summed E-state index contributed by atoms with van der Waals surface area (Å²) in [6.07, 6.45) is 0. The van der Waals surface area contributed by atoms with Gasteiger partial charge in [-0.25, -0.2) is 0 Å². The molecule has 4 rings (SSSR count). The Labute approximate surface area is 122 Å². The summed E-state index contributed by atoms with van der Waals surface area (Å²) in [6, 6.07) is 16.4. The van der Waals surface area contributed by atoms with Gasteiger partial charge >= 0.3 is 0 Å². The maximum Gasteiger partial charge on any atom is 0.160 e. The molecule has 0 atom stereocenters. The minimum Gasteiger partial charge on any atom is -0.354 e. The molecular formula is C19H15NO. The predicted molar refractivity (Wildman–Crippen MR) is 88.1 cm³/mol. The molecule has 1 heterocycles. The van der Waals surface area contributed by atoms with Crippen molar-refractivity contribution in [2.24, 2.45) is 0 Å². The fourth-order valence-electron chi connectivity index (χ4n) is 3.39. The highest BCUT2D eigenvalue weighted by Crippen LogP contribution is 2.36. The average Bonchev–Trinajstić information content (AvgIpc) is 2.87. The number of benzene rings is 3. The number of carbonyl (C=O) groups is 1. The van der Waals surface area contributed by atoms with E-state index in [0.29, 0.717) is 0 Å². The molecule has 0 amide bonds. The number of carbonyl (C=O) groups excluding carboxylic acids is 1. The number of aromatic amines is 1. The smallest absolute Gasteiger partial charge is 0.160 e. The molecule has 0 aliphatic carbocycles. The molecule has 0 aliphatic heterocycles. The minimum absolute atomic E-state index is 0.119. The first-order valence-electron chi connectivity index (χ1n) is 7.11. The van der Waals surface area contributed by atoms with Crippen molar-refractivity contribution >= 4 is 38.4 Å². The number of hydrogen-bond acceptors (Lipinski definition) is 1. The van der Waals surface area contributed by atoms with Gasteiger partial charge in [-0.3, -0.25) is 4.79 Å². The lowest BCUT2D eigenvalue weighted by Gasteiger charge is -2.10. The van der Waals surface area contributed by atoms with Crippen molar-refractivity contribution < 1.29 is 4.79 Å². The summed E-state index contributed by atoms with van der Waals surface area (Å²) < 4.78 is 0. The predicted octanol–water partition coefficient (Wildman–Crippen LogP) is 4.99. The van der Waals surface area contributed by atoms with Crippen molar-refractivity contribution in [3.63, 3.8) is 0 Å². The molecule has 1 aromatic heterocycles. The Morgan fingerprint density at radius 1 is 0.905 bits per heavy atom. The normalized spacial score (nSPS) is 11.5. The fourth-order valence-corrected chi connectivity index (χ4v) is 3.39. The standard InChI is InChI=1S/C19H15NO/c1-11-13-7-3-4-8-14(13)19-18(17(11)12(2)21)15-9-5-6-10-16(15)20-19/h3-10,20H,1-2H3.